The van der Waals surface area contributed by atoms with Gasteiger partial charge in [0, 0.05) is 15.8 Å². The summed E-state index contributed by atoms with van der Waals surface area (Å²) < 4.78 is 4.03. The van der Waals surface area contributed by atoms with E-state index in [-0.39, 0.29) is 5.56 Å². The van der Waals surface area contributed by atoms with Gasteiger partial charge in [-0.3, -0.25) is 4.79 Å². The molecule has 0 atom stereocenters. The Bertz CT molecular complexity index is 1340. The second-order valence-corrected chi connectivity index (χ2v) is 7.95. The number of aromatic nitrogens is 4. The molecule has 0 aliphatic rings. The third kappa shape index (κ3) is 2.63. The van der Waals surface area contributed by atoms with Gasteiger partial charge in [0.05, 0.1) is 11.6 Å². The van der Waals surface area contributed by atoms with Crippen molar-refractivity contribution in [1.29, 1.82) is 0 Å². The van der Waals surface area contributed by atoms with Crippen LogP contribution in [0.5, 0.6) is 0 Å². The van der Waals surface area contributed by atoms with E-state index in [2.05, 4.69) is 16.1 Å². The smallest absolute Gasteiger partial charge is 0.260 e. The van der Waals surface area contributed by atoms with Gasteiger partial charge in [-0.05, 0) is 23.6 Å². The molecule has 0 spiro atoms. The SMILES string of the molecule is C=Cn1c[n+](Cc2nc3scc(-c4cccs4)c3c(=O)[nH]2)c2ccccc21. The molecule has 27 heavy (non-hydrogen) atoms. The van der Waals surface area contributed by atoms with E-state index in [1.165, 1.54) is 11.3 Å². The Morgan fingerprint density at radius 3 is 2.93 bits per heavy atom. The van der Waals surface area contributed by atoms with Crippen molar-refractivity contribution in [2.45, 2.75) is 6.54 Å². The van der Waals surface area contributed by atoms with Gasteiger partial charge in [0.1, 0.15) is 11.4 Å². The molecule has 5 nitrogen and oxygen atoms in total. The zero-order valence-corrected chi connectivity index (χ0v) is 15.9. The Hall–Kier alpha value is -3.03. The van der Waals surface area contributed by atoms with Gasteiger partial charge in [-0.2, -0.15) is 0 Å². The number of H-pyrrole nitrogens is 1. The molecule has 0 aliphatic heterocycles. The number of hydrogen-bond donors (Lipinski definition) is 1. The first-order chi connectivity index (χ1) is 13.2. The fourth-order valence-corrected chi connectivity index (χ4v) is 5.10. The number of benzene rings is 1. The second-order valence-electron chi connectivity index (χ2n) is 6.14. The third-order valence-electron chi connectivity index (χ3n) is 4.53. The maximum absolute atomic E-state index is 12.8. The van der Waals surface area contributed by atoms with Crippen molar-refractivity contribution in [3.8, 4) is 10.4 Å². The lowest BCUT2D eigenvalue weighted by molar-refractivity contribution is -0.663. The molecule has 1 aromatic carbocycles. The van der Waals surface area contributed by atoms with Crippen LogP contribution in [0.15, 0.2) is 64.9 Å². The molecular weight excluding hydrogens is 376 g/mol. The Balaban J connectivity index is 1.61. The van der Waals surface area contributed by atoms with Crippen LogP contribution in [-0.4, -0.2) is 14.5 Å². The van der Waals surface area contributed by atoms with Crippen LogP contribution in [-0.2, 0) is 6.54 Å². The highest BCUT2D eigenvalue weighted by Crippen LogP contribution is 2.33. The summed E-state index contributed by atoms with van der Waals surface area (Å²) in [6.45, 7) is 4.35. The highest BCUT2D eigenvalue weighted by Gasteiger charge is 2.17. The van der Waals surface area contributed by atoms with Gasteiger partial charge in [0.25, 0.3) is 5.56 Å². The first-order valence-corrected chi connectivity index (χ1v) is 10.2. The number of aromatic amines is 1. The van der Waals surface area contributed by atoms with Crippen molar-refractivity contribution in [2.75, 3.05) is 0 Å². The number of thiophene rings is 2. The average molecular weight is 392 g/mol. The minimum atomic E-state index is -0.0901. The van der Waals surface area contributed by atoms with Gasteiger partial charge in [0.2, 0.25) is 6.33 Å². The number of para-hydroxylation sites is 2. The molecule has 7 heteroatoms. The number of nitrogens with zero attached hydrogens (tertiary/aromatic N) is 3. The minimum Gasteiger partial charge on any atom is -0.307 e. The largest absolute Gasteiger partial charge is 0.307 e. The molecule has 0 aliphatic carbocycles. The molecule has 0 bridgehead atoms. The zero-order valence-electron chi connectivity index (χ0n) is 14.3. The summed E-state index contributed by atoms with van der Waals surface area (Å²) in [5.74, 6) is 0.643. The van der Waals surface area contributed by atoms with Gasteiger partial charge >= 0.3 is 0 Å². The number of imidazole rings is 1. The van der Waals surface area contributed by atoms with E-state index in [1.807, 2.05) is 58.1 Å². The molecule has 0 saturated carbocycles. The number of rotatable bonds is 4. The molecule has 0 radical (unpaired) electrons. The van der Waals surface area contributed by atoms with Crippen LogP contribution in [0.25, 0.3) is 37.9 Å². The average Bonchev–Trinajstić information content (AvgIpc) is 3.40. The Kier molecular flexibility index (Phi) is 3.77. The molecule has 0 fully saturated rings. The normalized spacial score (nSPS) is 11.4. The fourth-order valence-electron chi connectivity index (χ4n) is 3.31. The standard InChI is InChI=1S/C20H14N4OS2/c1-2-23-12-24(15-7-4-3-6-14(15)23)10-17-21-19(25)18-13(11-27-20(18)22-17)16-8-5-9-26-16/h2-9,11-12H,1,10H2/p+1. The predicted molar refractivity (Wildman–Crippen MR) is 111 cm³/mol. The molecular formula is C20H15N4OS2+. The molecule has 0 unspecified atom stereocenters. The highest BCUT2D eigenvalue weighted by atomic mass is 32.1. The van der Waals surface area contributed by atoms with E-state index in [0.29, 0.717) is 17.8 Å². The van der Waals surface area contributed by atoms with Crippen LogP contribution >= 0.6 is 22.7 Å². The summed E-state index contributed by atoms with van der Waals surface area (Å²) in [6.07, 6.45) is 3.73. The van der Waals surface area contributed by atoms with Crippen molar-refractivity contribution in [3.05, 3.63) is 76.2 Å². The van der Waals surface area contributed by atoms with Crippen LogP contribution in [0.3, 0.4) is 0 Å². The van der Waals surface area contributed by atoms with Crippen LogP contribution < -0.4 is 10.1 Å². The topological polar surface area (TPSA) is 54.6 Å². The lowest BCUT2D eigenvalue weighted by Gasteiger charge is -2.00. The summed E-state index contributed by atoms with van der Waals surface area (Å²) in [6, 6.07) is 12.1. The molecule has 0 saturated heterocycles. The van der Waals surface area contributed by atoms with Crippen molar-refractivity contribution >= 4 is 50.1 Å². The van der Waals surface area contributed by atoms with Gasteiger partial charge in [-0.1, -0.05) is 24.8 Å². The number of hydrogen-bond acceptors (Lipinski definition) is 4. The highest BCUT2D eigenvalue weighted by molar-refractivity contribution is 7.18. The molecule has 5 rings (SSSR count). The van der Waals surface area contributed by atoms with Gasteiger partial charge < -0.3 is 4.98 Å². The van der Waals surface area contributed by atoms with Crippen molar-refractivity contribution in [3.63, 3.8) is 0 Å². The van der Waals surface area contributed by atoms with Crippen molar-refractivity contribution < 1.29 is 4.57 Å². The number of nitrogens with one attached hydrogen (secondary N) is 1. The minimum absolute atomic E-state index is 0.0901. The number of fused-ring (bicyclic) bond motifs is 2. The van der Waals surface area contributed by atoms with Crippen molar-refractivity contribution in [1.82, 2.24) is 14.5 Å². The van der Waals surface area contributed by atoms with Gasteiger partial charge in [-0.15, -0.1) is 22.7 Å². The Morgan fingerprint density at radius 2 is 2.11 bits per heavy atom. The lowest BCUT2D eigenvalue weighted by atomic mass is 10.2. The quantitative estimate of drug-likeness (QED) is 0.469. The van der Waals surface area contributed by atoms with E-state index < -0.39 is 0 Å². The predicted octanol–water partition coefficient (Wildman–Crippen LogP) is 4.10. The Morgan fingerprint density at radius 1 is 1.22 bits per heavy atom. The van der Waals surface area contributed by atoms with Crippen LogP contribution in [0.1, 0.15) is 5.82 Å². The first-order valence-electron chi connectivity index (χ1n) is 8.40. The molecule has 1 N–H and O–H groups in total. The van der Waals surface area contributed by atoms with Crippen LogP contribution in [0, 0.1) is 0 Å². The monoisotopic (exact) mass is 391 g/mol. The van der Waals surface area contributed by atoms with E-state index >= 15 is 0 Å². The Labute approximate surface area is 162 Å². The molecule has 4 heterocycles. The van der Waals surface area contributed by atoms with Gasteiger partial charge in [0.15, 0.2) is 16.9 Å². The van der Waals surface area contributed by atoms with E-state index in [9.17, 15) is 4.79 Å². The van der Waals surface area contributed by atoms with E-state index in [0.717, 1.165) is 26.3 Å². The van der Waals surface area contributed by atoms with E-state index in [4.69, 9.17) is 4.98 Å². The van der Waals surface area contributed by atoms with Crippen molar-refractivity contribution in [2.24, 2.45) is 0 Å². The molecule has 4 aromatic heterocycles. The third-order valence-corrected chi connectivity index (χ3v) is 6.30. The summed E-state index contributed by atoms with van der Waals surface area (Å²) in [5, 5.41) is 4.70. The molecule has 5 aromatic rings. The lowest BCUT2D eigenvalue weighted by Crippen LogP contribution is -2.34. The zero-order chi connectivity index (χ0) is 18.4. The summed E-state index contributed by atoms with van der Waals surface area (Å²) in [7, 11) is 0. The fraction of sp³-hybridized carbons (Fsp3) is 0.0500. The van der Waals surface area contributed by atoms with Gasteiger partial charge in [-0.25, -0.2) is 14.1 Å². The summed E-state index contributed by atoms with van der Waals surface area (Å²) in [5.41, 5.74) is 2.99. The maximum atomic E-state index is 12.8. The second kappa shape index (κ2) is 6.29. The van der Waals surface area contributed by atoms with E-state index in [1.54, 1.807) is 17.5 Å². The van der Waals surface area contributed by atoms with Crippen LogP contribution in [0.2, 0.25) is 0 Å². The molecule has 132 valence electrons. The maximum Gasteiger partial charge on any atom is 0.260 e. The molecule has 0 amide bonds. The summed E-state index contributed by atoms with van der Waals surface area (Å²) in [4.78, 5) is 22.3. The first kappa shape index (κ1) is 16.2. The van der Waals surface area contributed by atoms with Crippen LogP contribution in [0.4, 0.5) is 0 Å². The summed E-state index contributed by atoms with van der Waals surface area (Å²) >= 11 is 3.14.